The van der Waals surface area contributed by atoms with Gasteiger partial charge in [0.25, 0.3) is 0 Å². The molecule has 0 radical (unpaired) electrons. The van der Waals surface area contributed by atoms with Crippen LogP contribution in [0.1, 0.15) is 11.1 Å². The van der Waals surface area contributed by atoms with Gasteiger partial charge < -0.3 is 0 Å². The second kappa shape index (κ2) is 6.99. The van der Waals surface area contributed by atoms with E-state index < -0.39 is 17.6 Å². The number of rotatable bonds is 6. The van der Waals surface area contributed by atoms with Gasteiger partial charge in [-0.15, -0.1) is 0 Å². The lowest BCUT2D eigenvalue weighted by Gasteiger charge is -2.18. The van der Waals surface area contributed by atoms with Crippen LogP contribution in [0.25, 0.3) is 0 Å². The Morgan fingerprint density at radius 1 is 0.960 bits per heavy atom. The Morgan fingerprint density at radius 2 is 1.56 bits per heavy atom. The molecule has 0 amide bonds. The van der Waals surface area contributed by atoms with E-state index in [0.717, 1.165) is 6.07 Å². The Kier molecular flexibility index (Phi) is 4.77. The molecule has 0 bridgehead atoms. The molecule has 0 aliphatic carbocycles. The molecular formula is C15H14F4N6. The third-order valence-corrected chi connectivity index (χ3v) is 3.71. The predicted molar refractivity (Wildman–Crippen MR) is 78.6 cm³/mol. The summed E-state index contributed by atoms with van der Waals surface area (Å²) in [6.07, 6.45) is 1.47. The van der Waals surface area contributed by atoms with E-state index in [9.17, 15) is 17.6 Å². The molecule has 0 saturated heterocycles. The molecule has 0 aliphatic heterocycles. The monoisotopic (exact) mass is 354 g/mol. The molecule has 25 heavy (non-hydrogen) atoms. The minimum absolute atomic E-state index is 0.158. The summed E-state index contributed by atoms with van der Waals surface area (Å²) in [5.41, 5.74) is -0.795. The maximum atomic E-state index is 14.1. The van der Waals surface area contributed by atoms with Crippen molar-refractivity contribution in [1.29, 1.82) is 0 Å². The number of hydrogen-bond donors (Lipinski definition) is 0. The summed E-state index contributed by atoms with van der Waals surface area (Å²) in [6, 6.07) is 2.59. The summed E-state index contributed by atoms with van der Waals surface area (Å²) in [4.78, 5) is 7.71. The molecule has 0 atom stereocenters. The summed E-state index contributed by atoms with van der Waals surface area (Å²) < 4.78 is 55.3. The zero-order chi connectivity index (χ0) is 17.9. The second-order valence-corrected chi connectivity index (χ2v) is 5.61. The van der Waals surface area contributed by atoms with Crippen LogP contribution in [0.3, 0.4) is 0 Å². The van der Waals surface area contributed by atoms with E-state index in [1.54, 1.807) is 9.36 Å². The molecule has 2 heterocycles. The van der Waals surface area contributed by atoms with Crippen LogP contribution >= 0.6 is 0 Å². The molecule has 6 nitrogen and oxygen atoms in total. The van der Waals surface area contributed by atoms with Crippen LogP contribution in [0.5, 0.6) is 0 Å². The number of nitrogens with zero attached hydrogens (tertiary/aromatic N) is 6. The van der Waals surface area contributed by atoms with Gasteiger partial charge in [0.05, 0.1) is 5.56 Å². The summed E-state index contributed by atoms with van der Waals surface area (Å²) >= 11 is 0. The maximum Gasteiger partial charge on any atom is 0.416 e. The first-order valence-electron chi connectivity index (χ1n) is 7.42. The fourth-order valence-electron chi connectivity index (χ4n) is 2.57. The van der Waals surface area contributed by atoms with Crippen molar-refractivity contribution < 1.29 is 17.6 Å². The lowest BCUT2D eigenvalue weighted by atomic mass is 9.97. The number of alkyl halides is 3. The van der Waals surface area contributed by atoms with Crippen LogP contribution in [0.4, 0.5) is 17.6 Å². The number of benzene rings is 1. The summed E-state index contributed by atoms with van der Waals surface area (Å²) in [6.45, 7) is 0.834. The Bertz CT molecular complexity index is 762. The van der Waals surface area contributed by atoms with Crippen LogP contribution in [-0.2, 0) is 25.7 Å². The van der Waals surface area contributed by atoms with Crippen molar-refractivity contribution in [2.75, 3.05) is 0 Å². The Morgan fingerprint density at radius 3 is 2.00 bits per heavy atom. The summed E-state index contributed by atoms with van der Waals surface area (Å²) in [7, 11) is 0. The van der Waals surface area contributed by atoms with Gasteiger partial charge in [0, 0.05) is 19.0 Å². The zero-order valence-corrected chi connectivity index (χ0v) is 12.9. The first-order valence-corrected chi connectivity index (χ1v) is 7.42. The number of aromatic nitrogens is 6. The van der Waals surface area contributed by atoms with Gasteiger partial charge in [-0.05, 0) is 24.1 Å². The zero-order valence-electron chi connectivity index (χ0n) is 12.9. The lowest BCUT2D eigenvalue weighted by molar-refractivity contribution is -0.137. The van der Waals surface area contributed by atoms with E-state index in [1.807, 2.05) is 0 Å². The van der Waals surface area contributed by atoms with E-state index in [2.05, 4.69) is 20.2 Å². The first kappa shape index (κ1) is 17.1. The van der Waals surface area contributed by atoms with Gasteiger partial charge in [0.15, 0.2) is 0 Å². The molecule has 0 fully saturated rings. The maximum absolute atomic E-state index is 14.1. The fourth-order valence-corrected chi connectivity index (χ4v) is 2.57. The fraction of sp³-hybridized carbons (Fsp3) is 0.333. The minimum Gasteiger partial charge on any atom is -0.253 e. The molecule has 0 aliphatic rings. The molecule has 0 N–H and O–H groups in total. The van der Waals surface area contributed by atoms with Crippen molar-refractivity contribution in [3.63, 3.8) is 0 Å². The van der Waals surface area contributed by atoms with Crippen LogP contribution in [0.2, 0.25) is 0 Å². The largest absolute Gasteiger partial charge is 0.416 e. The molecule has 0 unspecified atom stereocenters. The Labute approximate surface area is 140 Å². The highest BCUT2D eigenvalue weighted by atomic mass is 19.4. The van der Waals surface area contributed by atoms with Gasteiger partial charge in [-0.2, -0.15) is 23.4 Å². The van der Waals surface area contributed by atoms with Gasteiger partial charge >= 0.3 is 6.18 Å². The SMILES string of the molecule is Fc1cc(C(F)(F)F)ccc1CC(Cn1cncn1)Cn1cncn1. The van der Waals surface area contributed by atoms with Gasteiger partial charge in [0.2, 0.25) is 0 Å². The Balaban J connectivity index is 1.79. The lowest BCUT2D eigenvalue weighted by Crippen LogP contribution is -2.21. The third-order valence-electron chi connectivity index (χ3n) is 3.71. The van der Waals surface area contributed by atoms with Crippen LogP contribution < -0.4 is 0 Å². The topological polar surface area (TPSA) is 61.4 Å². The molecule has 1 aromatic carbocycles. The van der Waals surface area contributed by atoms with E-state index in [1.165, 1.54) is 31.4 Å². The molecular weight excluding hydrogens is 340 g/mol. The molecule has 10 heteroatoms. The van der Waals surface area contributed by atoms with Crippen LogP contribution in [0, 0.1) is 11.7 Å². The Hall–Kier alpha value is -2.78. The van der Waals surface area contributed by atoms with Gasteiger partial charge in [-0.3, -0.25) is 9.36 Å². The highest BCUT2D eigenvalue weighted by molar-refractivity contribution is 5.26. The smallest absolute Gasteiger partial charge is 0.253 e. The van der Waals surface area contributed by atoms with Crippen molar-refractivity contribution >= 4 is 0 Å². The van der Waals surface area contributed by atoms with E-state index in [4.69, 9.17) is 0 Å². The van der Waals surface area contributed by atoms with E-state index >= 15 is 0 Å². The summed E-state index contributed by atoms with van der Waals surface area (Å²) in [5, 5.41) is 8.03. The van der Waals surface area contributed by atoms with Crippen LogP contribution in [0.15, 0.2) is 43.5 Å². The van der Waals surface area contributed by atoms with Gasteiger partial charge in [-0.25, -0.2) is 14.4 Å². The van der Waals surface area contributed by atoms with Crippen molar-refractivity contribution in [2.45, 2.75) is 25.7 Å². The quantitative estimate of drug-likeness (QED) is 0.639. The molecule has 3 aromatic rings. The molecule has 2 aromatic heterocycles. The average Bonchev–Trinajstić information content (AvgIpc) is 3.22. The molecule has 0 saturated carbocycles. The molecule has 3 rings (SSSR count). The highest BCUT2D eigenvalue weighted by Crippen LogP contribution is 2.30. The molecule has 132 valence electrons. The number of halogens is 4. The minimum atomic E-state index is -4.57. The van der Waals surface area contributed by atoms with Crippen LogP contribution in [-0.4, -0.2) is 29.5 Å². The normalized spacial score (nSPS) is 12.0. The van der Waals surface area contributed by atoms with E-state index in [-0.39, 0.29) is 17.9 Å². The van der Waals surface area contributed by atoms with Crippen molar-refractivity contribution in [1.82, 2.24) is 29.5 Å². The summed E-state index contributed by atoms with van der Waals surface area (Å²) in [5.74, 6) is -1.04. The highest BCUT2D eigenvalue weighted by Gasteiger charge is 2.31. The third kappa shape index (κ3) is 4.40. The standard InChI is InChI=1S/C15H14F4N6/c16-14-4-13(15(17,18)19)2-1-12(14)3-11(5-24-9-20-7-22-24)6-25-10-21-8-23-25/h1-2,4,7-11H,3,5-6H2. The van der Waals surface area contributed by atoms with Crippen molar-refractivity contribution in [2.24, 2.45) is 5.92 Å². The second-order valence-electron chi connectivity index (χ2n) is 5.61. The predicted octanol–water partition coefficient (Wildman–Crippen LogP) is 2.59. The van der Waals surface area contributed by atoms with Gasteiger partial charge in [0.1, 0.15) is 31.1 Å². The van der Waals surface area contributed by atoms with E-state index in [0.29, 0.717) is 19.2 Å². The first-order chi connectivity index (χ1) is 11.9. The number of hydrogen-bond acceptors (Lipinski definition) is 4. The average molecular weight is 354 g/mol. The van der Waals surface area contributed by atoms with Gasteiger partial charge in [-0.1, -0.05) is 6.07 Å². The van der Waals surface area contributed by atoms with Crippen molar-refractivity contribution in [3.05, 3.63) is 60.5 Å². The van der Waals surface area contributed by atoms with Crippen molar-refractivity contribution in [3.8, 4) is 0 Å². The molecule has 0 spiro atoms.